The van der Waals surface area contributed by atoms with Crippen LogP contribution in [0.25, 0.3) is 0 Å². The maximum Gasteiger partial charge on any atom is 0.241 e. The quantitative estimate of drug-likeness (QED) is 0.924. The van der Waals surface area contributed by atoms with Crippen LogP contribution in [0.2, 0.25) is 0 Å². The SMILES string of the molecule is CCc1ccc(C2C=NNC(=O)C2)cc1OC1CCCC1. The molecule has 112 valence electrons. The second-order valence-corrected chi connectivity index (χ2v) is 5.87. The molecule has 1 N–H and O–H groups in total. The highest BCUT2D eigenvalue weighted by molar-refractivity contribution is 5.86. The van der Waals surface area contributed by atoms with Gasteiger partial charge in [0.25, 0.3) is 0 Å². The fraction of sp³-hybridized carbons (Fsp3) is 0.529. The number of carbonyl (C=O) groups is 1. The molecule has 1 aliphatic carbocycles. The van der Waals surface area contributed by atoms with Gasteiger partial charge in [-0.2, -0.15) is 5.10 Å². The summed E-state index contributed by atoms with van der Waals surface area (Å²) < 4.78 is 6.21. The summed E-state index contributed by atoms with van der Waals surface area (Å²) in [6.07, 6.45) is 8.42. The molecule has 1 heterocycles. The number of nitrogens with zero attached hydrogens (tertiary/aromatic N) is 1. The van der Waals surface area contributed by atoms with Crippen LogP contribution in [-0.4, -0.2) is 18.2 Å². The first-order valence-electron chi connectivity index (χ1n) is 7.87. The molecular formula is C17H22N2O2. The molecule has 1 aromatic rings. The molecule has 0 saturated heterocycles. The normalized spacial score (nSPS) is 22.3. The summed E-state index contributed by atoms with van der Waals surface area (Å²) in [5.41, 5.74) is 4.83. The molecule has 4 heteroatoms. The summed E-state index contributed by atoms with van der Waals surface area (Å²) in [5.74, 6) is 1.01. The van der Waals surface area contributed by atoms with E-state index in [1.807, 2.05) is 6.21 Å². The summed E-state index contributed by atoms with van der Waals surface area (Å²) in [5, 5.41) is 3.93. The van der Waals surface area contributed by atoms with Crippen LogP contribution in [-0.2, 0) is 11.2 Å². The Morgan fingerprint density at radius 1 is 1.33 bits per heavy atom. The van der Waals surface area contributed by atoms with Gasteiger partial charge in [0.15, 0.2) is 0 Å². The first-order chi connectivity index (χ1) is 10.3. The number of hydrazone groups is 1. The van der Waals surface area contributed by atoms with Gasteiger partial charge in [-0.1, -0.05) is 19.1 Å². The van der Waals surface area contributed by atoms with Gasteiger partial charge in [0.1, 0.15) is 5.75 Å². The molecule has 1 aliphatic heterocycles. The van der Waals surface area contributed by atoms with Crippen molar-refractivity contribution in [1.82, 2.24) is 5.43 Å². The molecule has 0 bridgehead atoms. The highest BCUT2D eigenvalue weighted by atomic mass is 16.5. The molecule has 1 aromatic carbocycles. The average molecular weight is 286 g/mol. The second-order valence-electron chi connectivity index (χ2n) is 5.87. The monoisotopic (exact) mass is 286 g/mol. The maximum atomic E-state index is 11.5. The van der Waals surface area contributed by atoms with Crippen molar-refractivity contribution in [2.75, 3.05) is 0 Å². The number of benzene rings is 1. The van der Waals surface area contributed by atoms with Crippen molar-refractivity contribution in [3.8, 4) is 5.75 Å². The van der Waals surface area contributed by atoms with Crippen LogP contribution in [0.1, 0.15) is 56.1 Å². The van der Waals surface area contributed by atoms with E-state index in [-0.39, 0.29) is 11.8 Å². The van der Waals surface area contributed by atoms with E-state index < -0.39 is 0 Å². The zero-order chi connectivity index (χ0) is 14.7. The van der Waals surface area contributed by atoms with Crippen LogP contribution in [0.5, 0.6) is 5.75 Å². The molecule has 0 radical (unpaired) electrons. The number of carbonyl (C=O) groups excluding carboxylic acids is 1. The summed E-state index contributed by atoms with van der Waals surface area (Å²) in [7, 11) is 0. The van der Waals surface area contributed by atoms with Gasteiger partial charge in [-0.25, -0.2) is 5.43 Å². The summed E-state index contributed by atoms with van der Waals surface area (Å²) in [6.45, 7) is 2.14. The number of aryl methyl sites for hydroxylation is 1. The van der Waals surface area contributed by atoms with Gasteiger partial charge in [-0.15, -0.1) is 0 Å². The zero-order valence-electron chi connectivity index (χ0n) is 12.5. The minimum absolute atomic E-state index is 0.0275. The summed E-state index contributed by atoms with van der Waals surface area (Å²) in [6, 6.07) is 6.32. The van der Waals surface area contributed by atoms with E-state index in [2.05, 4.69) is 35.7 Å². The van der Waals surface area contributed by atoms with E-state index in [9.17, 15) is 4.79 Å². The van der Waals surface area contributed by atoms with Crippen molar-refractivity contribution in [2.24, 2.45) is 5.10 Å². The minimum atomic E-state index is -0.0275. The number of nitrogens with one attached hydrogen (secondary N) is 1. The molecule has 2 aliphatic rings. The fourth-order valence-corrected chi connectivity index (χ4v) is 3.09. The molecule has 21 heavy (non-hydrogen) atoms. The lowest BCUT2D eigenvalue weighted by Crippen LogP contribution is -2.26. The van der Waals surface area contributed by atoms with Gasteiger partial charge < -0.3 is 4.74 Å². The van der Waals surface area contributed by atoms with Crippen molar-refractivity contribution in [1.29, 1.82) is 0 Å². The van der Waals surface area contributed by atoms with E-state index in [0.29, 0.717) is 12.5 Å². The average Bonchev–Trinajstić information content (AvgIpc) is 3.00. The van der Waals surface area contributed by atoms with E-state index in [4.69, 9.17) is 4.74 Å². The molecule has 3 rings (SSSR count). The smallest absolute Gasteiger partial charge is 0.241 e. The van der Waals surface area contributed by atoms with Gasteiger partial charge in [-0.3, -0.25) is 4.79 Å². The molecule has 4 nitrogen and oxygen atoms in total. The zero-order valence-corrected chi connectivity index (χ0v) is 12.5. The molecule has 0 spiro atoms. The largest absolute Gasteiger partial charge is 0.490 e. The number of hydrogen-bond donors (Lipinski definition) is 1. The van der Waals surface area contributed by atoms with Crippen LogP contribution < -0.4 is 10.2 Å². The Labute approximate surface area is 125 Å². The van der Waals surface area contributed by atoms with Crippen LogP contribution in [0, 0.1) is 0 Å². The standard InChI is InChI=1S/C17H22N2O2/c1-2-12-7-8-13(14-10-17(20)19-18-11-14)9-16(12)21-15-5-3-4-6-15/h7-9,11,14-15H,2-6,10H2,1H3,(H,19,20). The lowest BCUT2D eigenvalue weighted by atomic mass is 9.94. The molecule has 0 aromatic heterocycles. The lowest BCUT2D eigenvalue weighted by molar-refractivity contribution is -0.121. The predicted octanol–water partition coefficient (Wildman–Crippen LogP) is 3.16. The highest BCUT2D eigenvalue weighted by Crippen LogP contribution is 2.31. The van der Waals surface area contributed by atoms with Gasteiger partial charge in [-0.05, 0) is 49.3 Å². The van der Waals surface area contributed by atoms with Gasteiger partial charge in [0.05, 0.1) is 6.10 Å². The van der Waals surface area contributed by atoms with Crippen molar-refractivity contribution >= 4 is 12.1 Å². The van der Waals surface area contributed by atoms with Crippen LogP contribution in [0.15, 0.2) is 23.3 Å². The first kappa shape index (κ1) is 14.1. The third-order valence-corrected chi connectivity index (χ3v) is 4.35. The highest BCUT2D eigenvalue weighted by Gasteiger charge is 2.21. The Morgan fingerprint density at radius 2 is 2.14 bits per heavy atom. The maximum absolute atomic E-state index is 11.5. The Kier molecular flexibility index (Phi) is 4.23. The molecule has 1 fully saturated rings. The minimum Gasteiger partial charge on any atom is -0.490 e. The Hall–Kier alpha value is -1.84. The Bertz CT molecular complexity index is 548. The second kappa shape index (κ2) is 6.29. The van der Waals surface area contributed by atoms with Crippen molar-refractivity contribution in [2.45, 2.75) is 57.5 Å². The predicted molar refractivity (Wildman–Crippen MR) is 82.7 cm³/mol. The number of ether oxygens (including phenoxy) is 1. The topological polar surface area (TPSA) is 50.7 Å². The van der Waals surface area contributed by atoms with Gasteiger partial charge >= 0.3 is 0 Å². The van der Waals surface area contributed by atoms with Crippen molar-refractivity contribution < 1.29 is 9.53 Å². The third kappa shape index (κ3) is 3.26. The lowest BCUT2D eigenvalue weighted by Gasteiger charge is -2.20. The van der Waals surface area contributed by atoms with E-state index in [0.717, 1.165) is 30.6 Å². The Balaban J connectivity index is 1.83. The van der Waals surface area contributed by atoms with Crippen LogP contribution >= 0.6 is 0 Å². The van der Waals surface area contributed by atoms with E-state index in [1.54, 1.807) is 0 Å². The molecule has 1 atom stereocenters. The number of hydrogen-bond acceptors (Lipinski definition) is 3. The van der Waals surface area contributed by atoms with E-state index in [1.165, 1.54) is 18.4 Å². The van der Waals surface area contributed by atoms with Crippen molar-refractivity contribution in [3.05, 3.63) is 29.3 Å². The Morgan fingerprint density at radius 3 is 2.86 bits per heavy atom. The van der Waals surface area contributed by atoms with Crippen molar-refractivity contribution in [3.63, 3.8) is 0 Å². The fourth-order valence-electron chi connectivity index (χ4n) is 3.09. The van der Waals surface area contributed by atoms with Gasteiger partial charge in [0, 0.05) is 18.6 Å². The summed E-state index contributed by atoms with van der Waals surface area (Å²) >= 11 is 0. The van der Waals surface area contributed by atoms with Gasteiger partial charge in [0.2, 0.25) is 5.91 Å². The number of amides is 1. The molecule has 1 amide bonds. The molecule has 1 unspecified atom stereocenters. The molecule has 1 saturated carbocycles. The molecular weight excluding hydrogens is 264 g/mol. The van der Waals surface area contributed by atoms with Crippen LogP contribution in [0.4, 0.5) is 0 Å². The first-order valence-corrected chi connectivity index (χ1v) is 7.87. The third-order valence-electron chi connectivity index (χ3n) is 4.35. The van der Waals surface area contributed by atoms with Crippen LogP contribution in [0.3, 0.4) is 0 Å². The van der Waals surface area contributed by atoms with E-state index >= 15 is 0 Å². The summed E-state index contributed by atoms with van der Waals surface area (Å²) in [4.78, 5) is 11.5. The number of rotatable bonds is 4.